The molecule has 3 aliphatic heterocycles. The highest BCUT2D eigenvalue weighted by atomic mass is 32.2. The zero-order valence-corrected chi connectivity index (χ0v) is 35.9. The van der Waals surface area contributed by atoms with E-state index in [0.29, 0.717) is 22.9 Å². The first-order valence-corrected chi connectivity index (χ1v) is 22.0. The standard InChI is InChI=1S/C41H56N8O12S/c1-5-19(2)35-39(59)44-15-33(55)45-28-18-62(61)40-26(25-8-6-7-9-27(25)46-40)10-22(37(57)43-16-34(56)47-35)11-31(53)36(20(3)21(4)50)48-38(58)29-14-24(51)17-49(29)41(60)23(12-30(28)52)13-32(42)54/h6-9,19-24,28-29,35-36,46,50-51H,5,10-18H2,1-4H3,(H2,42,54)(H,43,57)(H,44,59)(H,45,55)(H,47,56)(H,48,58)/t19-,20-,21-,22?,23-,24?,28?,29-,35-,36-,62+/m0/s1. The van der Waals surface area contributed by atoms with E-state index in [1.165, 1.54) is 13.8 Å². The minimum Gasteiger partial charge on any atom is -0.393 e. The van der Waals surface area contributed by atoms with Crippen LogP contribution in [0.15, 0.2) is 29.3 Å². The SMILES string of the molecule is CC[C@H](C)[C@@H]1NC(=O)CNC(=O)C2CC(=O)[C@H]([C@@H](C)[C@H](C)O)NC(=O)[C@@H]3CC(O)CN3C(=O)[C@H](CC(N)=O)CC(=O)C(C[S@@](=O)c3[nH]c4ccccc4c3C2)NC(=O)CNC1=O. The van der Waals surface area contributed by atoms with Crippen LogP contribution in [0.1, 0.15) is 65.4 Å². The monoisotopic (exact) mass is 884 g/mol. The number of carbonyl (C=O) groups is 9. The number of carbonyl (C=O) groups excluding carboxylic acids is 9. The first-order chi connectivity index (χ1) is 29.3. The molecular weight excluding hydrogens is 829 g/mol. The third-order valence-electron chi connectivity index (χ3n) is 12.0. The summed E-state index contributed by atoms with van der Waals surface area (Å²) in [6.07, 6.45) is -4.60. The average Bonchev–Trinajstić information content (AvgIpc) is 3.80. The number of aromatic amines is 1. The fraction of sp³-hybridized carbons (Fsp3) is 0.585. The Morgan fingerprint density at radius 2 is 1.53 bits per heavy atom. The zero-order valence-electron chi connectivity index (χ0n) is 35.1. The molecule has 21 heteroatoms. The molecule has 3 unspecified atom stereocenters. The van der Waals surface area contributed by atoms with E-state index in [-0.39, 0.29) is 17.9 Å². The molecule has 4 heterocycles. The van der Waals surface area contributed by atoms with Crippen LogP contribution >= 0.6 is 0 Å². The number of nitrogens with zero attached hydrogens (tertiary/aromatic N) is 1. The molecule has 1 saturated heterocycles. The second-order valence-corrected chi connectivity index (χ2v) is 18.0. The van der Waals surface area contributed by atoms with Crippen LogP contribution < -0.4 is 32.3 Å². The number of benzene rings is 1. The summed E-state index contributed by atoms with van der Waals surface area (Å²) in [4.78, 5) is 128. The van der Waals surface area contributed by atoms with E-state index in [2.05, 4.69) is 31.6 Å². The molecule has 2 bridgehead atoms. The van der Waals surface area contributed by atoms with Crippen molar-refractivity contribution in [2.75, 3.05) is 25.4 Å². The minimum atomic E-state index is -2.20. The Morgan fingerprint density at radius 3 is 2.19 bits per heavy atom. The third-order valence-corrected chi connectivity index (χ3v) is 13.5. The number of aromatic nitrogens is 1. The van der Waals surface area contributed by atoms with E-state index in [1.54, 1.807) is 38.1 Å². The van der Waals surface area contributed by atoms with Gasteiger partial charge in [-0.15, -0.1) is 0 Å². The van der Waals surface area contributed by atoms with Crippen molar-refractivity contribution in [1.29, 1.82) is 0 Å². The fourth-order valence-electron chi connectivity index (χ4n) is 8.11. The largest absolute Gasteiger partial charge is 0.393 e. The molecular formula is C41H56N8O12S. The average molecular weight is 885 g/mol. The molecule has 62 heavy (non-hydrogen) atoms. The highest BCUT2D eigenvalue weighted by molar-refractivity contribution is 7.85. The Kier molecular flexibility index (Phi) is 15.7. The van der Waals surface area contributed by atoms with Crippen molar-refractivity contribution in [2.45, 2.75) is 108 Å². The van der Waals surface area contributed by atoms with Gasteiger partial charge in [-0.05, 0) is 30.9 Å². The van der Waals surface area contributed by atoms with Gasteiger partial charge in [0.05, 0.1) is 59.9 Å². The number of amides is 7. The lowest BCUT2D eigenvalue weighted by molar-refractivity contribution is -0.145. The molecule has 1 aromatic heterocycles. The number of H-pyrrole nitrogens is 1. The molecule has 2 aromatic rings. The number of nitrogens with two attached hydrogens (primary N) is 1. The first-order valence-electron chi connectivity index (χ1n) is 20.7. The maximum Gasteiger partial charge on any atom is 0.243 e. The molecule has 11 atom stereocenters. The summed E-state index contributed by atoms with van der Waals surface area (Å²) in [5.74, 6) is -12.4. The van der Waals surface area contributed by atoms with Gasteiger partial charge in [-0.25, -0.2) is 0 Å². The van der Waals surface area contributed by atoms with Crippen molar-refractivity contribution in [3.8, 4) is 0 Å². The van der Waals surface area contributed by atoms with Gasteiger partial charge in [0.2, 0.25) is 41.4 Å². The Balaban J connectivity index is 1.71. The quantitative estimate of drug-likeness (QED) is 0.147. The molecule has 5 rings (SSSR count). The number of aliphatic hydroxyl groups is 2. The van der Waals surface area contributed by atoms with Crippen LogP contribution in [0.3, 0.4) is 0 Å². The Bertz CT molecular complexity index is 2120. The second-order valence-electron chi connectivity index (χ2n) is 16.6. The summed E-state index contributed by atoms with van der Waals surface area (Å²) in [5.41, 5.74) is 6.32. The number of aliphatic hydroxyl groups excluding tert-OH is 2. The molecule has 1 aromatic carbocycles. The summed E-state index contributed by atoms with van der Waals surface area (Å²) in [6.45, 7) is 4.63. The number of Topliss-reactive ketones (excluding diaryl/α,β-unsaturated/α-hetero) is 2. The van der Waals surface area contributed by atoms with Crippen LogP contribution in [-0.2, 0) is 60.4 Å². The topological polar surface area (TPSA) is 316 Å². The lowest BCUT2D eigenvalue weighted by Gasteiger charge is -2.32. The lowest BCUT2D eigenvalue weighted by atomic mass is 9.86. The zero-order chi connectivity index (χ0) is 45.6. The summed E-state index contributed by atoms with van der Waals surface area (Å²) in [5, 5.41) is 34.7. The molecule has 7 amide bonds. The molecule has 3 aliphatic rings. The smallest absolute Gasteiger partial charge is 0.243 e. The summed E-state index contributed by atoms with van der Waals surface area (Å²) in [7, 11) is -2.20. The fourth-order valence-corrected chi connectivity index (χ4v) is 9.54. The van der Waals surface area contributed by atoms with Crippen LogP contribution in [0.2, 0.25) is 0 Å². The third kappa shape index (κ3) is 11.3. The summed E-state index contributed by atoms with van der Waals surface area (Å²) in [6, 6.07) is 1.09. The van der Waals surface area contributed by atoms with Gasteiger partial charge in [0, 0.05) is 55.0 Å². The molecule has 0 saturated carbocycles. The Hall–Kier alpha value is -5.54. The number of fused-ring (bicyclic) bond motifs is 5. The van der Waals surface area contributed by atoms with Crippen molar-refractivity contribution in [2.24, 2.45) is 29.4 Å². The number of nitrogens with one attached hydrogen (secondary N) is 6. The van der Waals surface area contributed by atoms with Crippen molar-refractivity contribution < 1.29 is 57.6 Å². The number of hydrogen-bond acceptors (Lipinski definition) is 12. The van der Waals surface area contributed by atoms with E-state index in [0.717, 1.165) is 4.90 Å². The molecule has 0 aliphatic carbocycles. The van der Waals surface area contributed by atoms with Crippen molar-refractivity contribution in [3.05, 3.63) is 29.8 Å². The van der Waals surface area contributed by atoms with Crippen LogP contribution in [-0.4, -0.2) is 139 Å². The number of rotatable bonds is 6. The van der Waals surface area contributed by atoms with Gasteiger partial charge in [0.25, 0.3) is 0 Å². The highest BCUT2D eigenvalue weighted by Crippen LogP contribution is 2.31. The van der Waals surface area contributed by atoms with Gasteiger partial charge >= 0.3 is 0 Å². The number of primary amides is 1. The minimum absolute atomic E-state index is 0.0361. The predicted octanol–water partition coefficient (Wildman–Crippen LogP) is -2.42. The van der Waals surface area contributed by atoms with E-state index in [9.17, 15) is 57.6 Å². The summed E-state index contributed by atoms with van der Waals surface area (Å²) >= 11 is 0. The molecule has 1 fully saturated rings. The van der Waals surface area contributed by atoms with Crippen LogP contribution in [0, 0.1) is 23.7 Å². The van der Waals surface area contributed by atoms with Gasteiger partial charge in [0.15, 0.2) is 11.6 Å². The van der Waals surface area contributed by atoms with Gasteiger partial charge in [-0.3, -0.25) is 47.4 Å². The molecule has 0 spiro atoms. The van der Waals surface area contributed by atoms with Crippen molar-refractivity contribution >= 4 is 74.6 Å². The van der Waals surface area contributed by atoms with E-state index < -0.39 is 168 Å². The van der Waals surface area contributed by atoms with Crippen molar-refractivity contribution in [1.82, 2.24) is 36.5 Å². The van der Waals surface area contributed by atoms with Crippen LogP contribution in [0.5, 0.6) is 0 Å². The van der Waals surface area contributed by atoms with E-state index >= 15 is 0 Å². The first kappa shape index (κ1) is 47.5. The van der Waals surface area contributed by atoms with E-state index in [1.807, 2.05) is 0 Å². The molecule has 20 nitrogen and oxygen atoms in total. The highest BCUT2D eigenvalue weighted by Gasteiger charge is 2.45. The Morgan fingerprint density at radius 1 is 0.871 bits per heavy atom. The Labute approximate surface area is 360 Å². The van der Waals surface area contributed by atoms with E-state index in [4.69, 9.17) is 5.73 Å². The van der Waals surface area contributed by atoms with Gasteiger partial charge in [-0.1, -0.05) is 45.4 Å². The normalized spacial score (nSPS) is 29.3. The lowest BCUT2D eigenvalue weighted by Crippen LogP contribution is -2.56. The molecule has 10 N–H and O–H groups in total. The maximum atomic E-state index is 14.6. The predicted molar refractivity (Wildman–Crippen MR) is 222 cm³/mol. The maximum absolute atomic E-state index is 14.6. The van der Waals surface area contributed by atoms with Crippen molar-refractivity contribution in [3.63, 3.8) is 0 Å². The number of hydrogen-bond donors (Lipinski definition) is 9. The van der Waals surface area contributed by atoms with Crippen LogP contribution in [0.25, 0.3) is 10.9 Å². The van der Waals surface area contributed by atoms with Gasteiger partial charge < -0.3 is 52.4 Å². The summed E-state index contributed by atoms with van der Waals surface area (Å²) < 4.78 is 14.6. The van der Waals surface area contributed by atoms with Gasteiger partial charge in [-0.2, -0.15) is 0 Å². The molecule has 338 valence electrons. The van der Waals surface area contributed by atoms with Gasteiger partial charge in [0.1, 0.15) is 17.1 Å². The van der Waals surface area contributed by atoms with Crippen LogP contribution in [0.4, 0.5) is 0 Å². The number of para-hydroxylation sites is 1. The molecule has 0 radical (unpaired) electrons. The number of ketones is 2. The second kappa shape index (κ2) is 20.6.